The number of nitrogens with one attached hydrogen (secondary N) is 1. The fourth-order valence-corrected chi connectivity index (χ4v) is 3.01. The van der Waals surface area contributed by atoms with Crippen LogP contribution in [0.25, 0.3) is 0 Å². The summed E-state index contributed by atoms with van der Waals surface area (Å²) in [7, 11) is 0. The quantitative estimate of drug-likeness (QED) is 0.814. The van der Waals surface area contributed by atoms with Gasteiger partial charge < -0.3 is 20.5 Å². The predicted molar refractivity (Wildman–Crippen MR) is 76.5 cm³/mol. The molecule has 2 bridgehead atoms. The number of benzene rings is 1. The molecule has 110 valence electrons. The van der Waals surface area contributed by atoms with Crippen LogP contribution in [0.3, 0.4) is 0 Å². The number of anilines is 2. The predicted octanol–water partition coefficient (Wildman–Crippen LogP) is 2.93. The smallest absolute Gasteiger partial charge is 0.167 e. The minimum absolute atomic E-state index is 0.254. The second kappa shape index (κ2) is 5.48. The average molecular weight is 280 g/mol. The third-order valence-electron chi connectivity index (χ3n) is 4.01. The van der Waals surface area contributed by atoms with Crippen molar-refractivity contribution in [3.8, 4) is 5.75 Å². The molecule has 2 heterocycles. The molecule has 1 aromatic rings. The lowest BCUT2D eigenvalue weighted by atomic mass is 9.95. The van der Waals surface area contributed by atoms with Crippen molar-refractivity contribution in [1.29, 1.82) is 0 Å². The summed E-state index contributed by atoms with van der Waals surface area (Å²) in [6.07, 6.45) is 4.69. The maximum Gasteiger partial charge on any atom is 0.167 e. The standard InChI is InChI=1S/C15H21FN2O2/c1-2-5-19-15-8-12(11(17)7-10(15)16)18-13-6-9-3-4-14(13)20-9/h7-9,13-14,18H,2-6,17H2,1H3. The number of nitrogens with two attached hydrogens (primary N) is 1. The van der Waals surface area contributed by atoms with Crippen LogP contribution in [0.4, 0.5) is 15.8 Å². The fourth-order valence-electron chi connectivity index (χ4n) is 3.01. The van der Waals surface area contributed by atoms with E-state index in [4.69, 9.17) is 15.2 Å². The van der Waals surface area contributed by atoms with Crippen molar-refractivity contribution >= 4 is 11.4 Å². The van der Waals surface area contributed by atoms with Crippen LogP contribution >= 0.6 is 0 Å². The molecule has 4 nitrogen and oxygen atoms in total. The Hall–Kier alpha value is -1.49. The Labute approximate surface area is 118 Å². The van der Waals surface area contributed by atoms with Crippen molar-refractivity contribution in [1.82, 2.24) is 0 Å². The van der Waals surface area contributed by atoms with Gasteiger partial charge in [-0.1, -0.05) is 6.92 Å². The molecule has 3 rings (SSSR count). The van der Waals surface area contributed by atoms with E-state index in [2.05, 4.69) is 5.32 Å². The van der Waals surface area contributed by atoms with Gasteiger partial charge >= 0.3 is 0 Å². The highest BCUT2D eigenvalue weighted by Gasteiger charge is 2.40. The molecular formula is C15H21FN2O2. The van der Waals surface area contributed by atoms with Crippen LogP contribution in [0.5, 0.6) is 5.75 Å². The minimum atomic E-state index is -0.411. The van der Waals surface area contributed by atoms with Gasteiger partial charge in [0.15, 0.2) is 11.6 Å². The van der Waals surface area contributed by atoms with E-state index in [-0.39, 0.29) is 17.9 Å². The van der Waals surface area contributed by atoms with Gasteiger partial charge in [0.1, 0.15) is 0 Å². The molecule has 0 amide bonds. The Balaban J connectivity index is 1.74. The molecule has 1 aromatic carbocycles. The van der Waals surface area contributed by atoms with E-state index in [1.54, 1.807) is 6.07 Å². The van der Waals surface area contributed by atoms with Crippen molar-refractivity contribution in [3.63, 3.8) is 0 Å². The number of hydrogen-bond donors (Lipinski definition) is 2. The van der Waals surface area contributed by atoms with Gasteiger partial charge in [-0.25, -0.2) is 4.39 Å². The monoisotopic (exact) mass is 280 g/mol. The van der Waals surface area contributed by atoms with Gasteiger partial charge in [-0.3, -0.25) is 0 Å². The van der Waals surface area contributed by atoms with Crippen LogP contribution in [-0.4, -0.2) is 24.9 Å². The second-order valence-electron chi connectivity index (χ2n) is 5.58. The lowest BCUT2D eigenvalue weighted by Gasteiger charge is -2.22. The van der Waals surface area contributed by atoms with Crippen molar-refractivity contribution in [3.05, 3.63) is 17.9 Å². The third kappa shape index (κ3) is 2.54. The van der Waals surface area contributed by atoms with Gasteiger partial charge in [0, 0.05) is 12.1 Å². The Kier molecular flexibility index (Phi) is 3.70. The summed E-state index contributed by atoms with van der Waals surface area (Å²) in [5.74, 6) is -0.154. The SMILES string of the molecule is CCCOc1cc(NC2CC3CCC2O3)c(N)cc1F. The molecule has 3 unspecified atom stereocenters. The van der Waals surface area contributed by atoms with E-state index in [0.29, 0.717) is 18.4 Å². The Morgan fingerprint density at radius 2 is 2.30 bits per heavy atom. The number of ether oxygens (including phenoxy) is 2. The maximum absolute atomic E-state index is 13.8. The molecule has 3 atom stereocenters. The lowest BCUT2D eigenvalue weighted by molar-refractivity contribution is 0.102. The molecule has 20 heavy (non-hydrogen) atoms. The normalized spacial score (nSPS) is 27.8. The van der Waals surface area contributed by atoms with Crippen LogP contribution in [-0.2, 0) is 4.74 Å². The first-order valence-corrected chi connectivity index (χ1v) is 7.31. The topological polar surface area (TPSA) is 56.5 Å². The zero-order valence-electron chi connectivity index (χ0n) is 11.7. The maximum atomic E-state index is 13.8. The van der Waals surface area contributed by atoms with Crippen LogP contribution in [0, 0.1) is 5.82 Å². The van der Waals surface area contributed by atoms with E-state index >= 15 is 0 Å². The van der Waals surface area contributed by atoms with Crippen LogP contribution in [0.2, 0.25) is 0 Å². The Bertz CT molecular complexity index is 495. The zero-order valence-corrected chi connectivity index (χ0v) is 11.7. The van der Waals surface area contributed by atoms with E-state index in [1.807, 2.05) is 6.92 Å². The minimum Gasteiger partial charge on any atom is -0.490 e. The zero-order chi connectivity index (χ0) is 14.1. The molecule has 0 aliphatic carbocycles. The number of nitrogen functional groups attached to an aromatic ring is 1. The van der Waals surface area contributed by atoms with Gasteiger partial charge in [-0.05, 0) is 25.7 Å². The summed E-state index contributed by atoms with van der Waals surface area (Å²) >= 11 is 0. The van der Waals surface area contributed by atoms with E-state index < -0.39 is 5.82 Å². The molecular weight excluding hydrogens is 259 g/mol. The van der Waals surface area contributed by atoms with Crippen LogP contribution < -0.4 is 15.8 Å². The van der Waals surface area contributed by atoms with Crippen molar-refractivity contribution in [2.24, 2.45) is 0 Å². The molecule has 2 aliphatic rings. The molecule has 0 spiro atoms. The van der Waals surface area contributed by atoms with E-state index in [9.17, 15) is 4.39 Å². The second-order valence-corrected chi connectivity index (χ2v) is 5.58. The number of fused-ring (bicyclic) bond motifs is 2. The van der Waals surface area contributed by atoms with Gasteiger partial charge in [0.2, 0.25) is 0 Å². The van der Waals surface area contributed by atoms with Crippen molar-refractivity contribution in [2.45, 2.75) is 50.9 Å². The molecule has 2 fully saturated rings. The molecule has 3 N–H and O–H groups in total. The summed E-state index contributed by atoms with van der Waals surface area (Å²) < 4.78 is 25.0. The molecule has 0 saturated carbocycles. The lowest BCUT2D eigenvalue weighted by Crippen LogP contribution is -2.30. The largest absolute Gasteiger partial charge is 0.490 e. The number of hydrogen-bond acceptors (Lipinski definition) is 4. The Morgan fingerprint density at radius 1 is 1.45 bits per heavy atom. The van der Waals surface area contributed by atoms with Gasteiger partial charge in [-0.2, -0.15) is 0 Å². The molecule has 0 aromatic heterocycles. The number of rotatable bonds is 5. The van der Waals surface area contributed by atoms with Crippen molar-refractivity contribution in [2.75, 3.05) is 17.7 Å². The molecule has 5 heteroatoms. The first kappa shape index (κ1) is 13.5. The van der Waals surface area contributed by atoms with Gasteiger partial charge in [0.05, 0.1) is 36.2 Å². The summed E-state index contributed by atoms with van der Waals surface area (Å²) in [5.41, 5.74) is 7.04. The average Bonchev–Trinajstić information content (AvgIpc) is 3.03. The van der Waals surface area contributed by atoms with Crippen LogP contribution in [0.1, 0.15) is 32.6 Å². The van der Waals surface area contributed by atoms with E-state index in [1.165, 1.54) is 6.07 Å². The van der Waals surface area contributed by atoms with E-state index in [0.717, 1.165) is 31.4 Å². The van der Waals surface area contributed by atoms with Crippen LogP contribution in [0.15, 0.2) is 12.1 Å². The Morgan fingerprint density at radius 3 is 2.95 bits per heavy atom. The van der Waals surface area contributed by atoms with Gasteiger partial charge in [-0.15, -0.1) is 0 Å². The highest BCUT2D eigenvalue weighted by molar-refractivity contribution is 5.69. The third-order valence-corrected chi connectivity index (χ3v) is 4.01. The molecule has 0 radical (unpaired) electrons. The number of halogens is 1. The molecule has 2 saturated heterocycles. The summed E-state index contributed by atoms with van der Waals surface area (Å²) in [6.45, 7) is 2.48. The van der Waals surface area contributed by atoms with Crippen molar-refractivity contribution < 1.29 is 13.9 Å². The summed E-state index contributed by atoms with van der Waals surface area (Å²) in [4.78, 5) is 0. The first-order chi connectivity index (χ1) is 9.67. The molecule has 2 aliphatic heterocycles. The highest BCUT2D eigenvalue weighted by atomic mass is 19.1. The summed E-state index contributed by atoms with van der Waals surface area (Å²) in [5, 5.41) is 3.39. The summed E-state index contributed by atoms with van der Waals surface area (Å²) in [6, 6.07) is 3.24. The van der Waals surface area contributed by atoms with Gasteiger partial charge in [0.25, 0.3) is 0 Å². The fraction of sp³-hybridized carbons (Fsp3) is 0.600. The first-order valence-electron chi connectivity index (χ1n) is 7.31. The highest BCUT2D eigenvalue weighted by Crippen LogP contribution is 2.37.